The molecule has 0 heterocycles. The highest BCUT2D eigenvalue weighted by molar-refractivity contribution is 6.34. The third-order valence-electron chi connectivity index (χ3n) is 3.19. The zero-order valence-electron chi connectivity index (χ0n) is 12.2. The van der Waals surface area contributed by atoms with Crippen LogP contribution in [-0.4, -0.2) is 21.3 Å². The molecule has 0 spiro atoms. The van der Waals surface area contributed by atoms with Crippen LogP contribution < -0.4 is 14.8 Å². The van der Waals surface area contributed by atoms with Crippen molar-refractivity contribution in [3.63, 3.8) is 0 Å². The molecule has 0 unspecified atom stereocenters. The van der Waals surface area contributed by atoms with Crippen LogP contribution in [0.3, 0.4) is 0 Å². The van der Waals surface area contributed by atoms with E-state index in [0.29, 0.717) is 34.2 Å². The highest BCUT2D eigenvalue weighted by Gasteiger charge is 2.17. The summed E-state index contributed by atoms with van der Waals surface area (Å²) in [6.45, 7) is 0.652. The largest absolute Gasteiger partial charge is 0.495 e. The molecule has 0 atom stereocenters. The first-order valence-corrected chi connectivity index (χ1v) is 6.84. The number of methoxy groups -OCH3 is 2. The Hall–Kier alpha value is -1.78. The number of hydrogen-bond acceptors (Lipinski definition) is 3. The third-order valence-corrected chi connectivity index (χ3v) is 3.55. The summed E-state index contributed by atoms with van der Waals surface area (Å²) in [5.74, 6) is 0.565. The number of benzene rings is 2. The minimum absolute atomic E-state index is 0.325. The van der Waals surface area contributed by atoms with Gasteiger partial charge in [-0.25, -0.2) is 4.39 Å². The lowest BCUT2D eigenvalue weighted by Gasteiger charge is -2.14. The van der Waals surface area contributed by atoms with E-state index in [1.165, 1.54) is 20.3 Å². The predicted molar refractivity (Wildman–Crippen MR) is 82.7 cm³/mol. The van der Waals surface area contributed by atoms with Gasteiger partial charge in [-0.2, -0.15) is 0 Å². The second-order valence-electron chi connectivity index (χ2n) is 4.51. The lowest BCUT2D eigenvalue weighted by atomic mass is 10.0. The van der Waals surface area contributed by atoms with Crippen LogP contribution in [0.1, 0.15) is 5.56 Å². The van der Waals surface area contributed by atoms with E-state index >= 15 is 0 Å². The van der Waals surface area contributed by atoms with Gasteiger partial charge in [-0.3, -0.25) is 0 Å². The molecule has 21 heavy (non-hydrogen) atoms. The Morgan fingerprint density at radius 1 is 1.10 bits per heavy atom. The average Bonchev–Trinajstić information content (AvgIpc) is 2.49. The van der Waals surface area contributed by atoms with Gasteiger partial charge in [0.15, 0.2) is 0 Å². The van der Waals surface area contributed by atoms with Crippen LogP contribution >= 0.6 is 11.6 Å². The minimum Gasteiger partial charge on any atom is -0.495 e. The number of halogens is 2. The van der Waals surface area contributed by atoms with Crippen molar-refractivity contribution < 1.29 is 13.9 Å². The first-order chi connectivity index (χ1) is 10.1. The van der Waals surface area contributed by atoms with E-state index in [9.17, 15) is 4.39 Å². The van der Waals surface area contributed by atoms with E-state index in [1.807, 2.05) is 7.05 Å². The molecule has 3 nitrogen and oxygen atoms in total. The fourth-order valence-electron chi connectivity index (χ4n) is 2.20. The molecule has 0 saturated carbocycles. The Morgan fingerprint density at radius 2 is 1.86 bits per heavy atom. The van der Waals surface area contributed by atoms with Gasteiger partial charge in [0, 0.05) is 17.7 Å². The van der Waals surface area contributed by atoms with Gasteiger partial charge in [0.2, 0.25) is 0 Å². The number of nitrogens with one attached hydrogen (secondary N) is 1. The van der Waals surface area contributed by atoms with Crippen LogP contribution in [0.4, 0.5) is 4.39 Å². The molecule has 0 aliphatic carbocycles. The second kappa shape index (κ2) is 6.78. The molecule has 1 N–H and O–H groups in total. The van der Waals surface area contributed by atoms with Crippen LogP contribution in [0.5, 0.6) is 11.5 Å². The monoisotopic (exact) mass is 309 g/mol. The molecule has 0 fully saturated rings. The molecule has 2 aromatic carbocycles. The van der Waals surface area contributed by atoms with Gasteiger partial charge in [-0.15, -0.1) is 0 Å². The number of ether oxygens (including phenoxy) is 2. The normalized spacial score (nSPS) is 10.5. The summed E-state index contributed by atoms with van der Waals surface area (Å²) in [5, 5.41) is 3.37. The van der Waals surface area contributed by atoms with Gasteiger partial charge in [0.25, 0.3) is 0 Å². The van der Waals surface area contributed by atoms with Gasteiger partial charge in [0.1, 0.15) is 22.3 Å². The van der Waals surface area contributed by atoms with Crippen LogP contribution in [0.25, 0.3) is 11.1 Å². The molecule has 0 amide bonds. The molecule has 0 saturated heterocycles. The maximum atomic E-state index is 14.2. The van der Waals surface area contributed by atoms with Crippen LogP contribution in [0.15, 0.2) is 30.3 Å². The molecule has 0 bridgehead atoms. The van der Waals surface area contributed by atoms with Crippen LogP contribution in [0, 0.1) is 5.82 Å². The quantitative estimate of drug-likeness (QED) is 0.909. The van der Waals surface area contributed by atoms with Crippen molar-refractivity contribution in [1.29, 1.82) is 0 Å². The summed E-state index contributed by atoms with van der Waals surface area (Å²) in [6, 6.07) is 8.41. The second-order valence-corrected chi connectivity index (χ2v) is 4.89. The summed E-state index contributed by atoms with van der Waals surface area (Å²) in [7, 11) is 4.86. The fourth-order valence-corrected chi connectivity index (χ4v) is 2.52. The Labute approximate surface area is 128 Å². The van der Waals surface area contributed by atoms with Crippen molar-refractivity contribution in [3.05, 3.63) is 46.7 Å². The highest BCUT2D eigenvalue weighted by Crippen LogP contribution is 2.42. The van der Waals surface area contributed by atoms with E-state index in [0.717, 1.165) is 5.56 Å². The predicted octanol–water partition coefficient (Wildman–Crippen LogP) is 3.88. The Kier molecular flexibility index (Phi) is 5.04. The Bertz CT molecular complexity index is 646. The molecule has 112 valence electrons. The van der Waals surface area contributed by atoms with Crippen molar-refractivity contribution in [2.45, 2.75) is 6.54 Å². The van der Waals surface area contributed by atoms with Crippen molar-refractivity contribution in [2.75, 3.05) is 21.3 Å². The molecule has 2 rings (SSSR count). The lowest BCUT2D eigenvalue weighted by molar-refractivity contribution is 0.395. The van der Waals surface area contributed by atoms with Gasteiger partial charge < -0.3 is 14.8 Å². The molecular weight excluding hydrogens is 293 g/mol. The summed E-state index contributed by atoms with van der Waals surface area (Å²) in [5.41, 5.74) is 2.02. The van der Waals surface area contributed by atoms with E-state index < -0.39 is 0 Å². The maximum absolute atomic E-state index is 14.2. The molecule has 0 aliphatic heterocycles. The van der Waals surface area contributed by atoms with Gasteiger partial charge >= 0.3 is 0 Å². The first-order valence-electron chi connectivity index (χ1n) is 6.46. The third kappa shape index (κ3) is 3.12. The zero-order chi connectivity index (χ0) is 15.4. The molecule has 5 heteroatoms. The standard InChI is InChI=1S/C16H17ClFNO2/c1-19-9-10-4-6-13(18)12(8-10)11-5-7-14(20-2)15(17)16(11)21-3/h4-8,19H,9H2,1-3H3. The summed E-state index contributed by atoms with van der Waals surface area (Å²) >= 11 is 6.23. The maximum Gasteiger partial charge on any atom is 0.149 e. The van der Waals surface area contributed by atoms with E-state index in [4.69, 9.17) is 21.1 Å². The molecule has 0 radical (unpaired) electrons. The summed E-state index contributed by atoms with van der Waals surface area (Å²) < 4.78 is 24.7. The Morgan fingerprint density at radius 3 is 2.48 bits per heavy atom. The van der Waals surface area contributed by atoms with Crippen molar-refractivity contribution >= 4 is 11.6 Å². The van der Waals surface area contributed by atoms with Gasteiger partial charge in [-0.05, 0) is 36.9 Å². The van der Waals surface area contributed by atoms with Crippen molar-refractivity contribution in [2.24, 2.45) is 0 Å². The highest BCUT2D eigenvalue weighted by atomic mass is 35.5. The average molecular weight is 310 g/mol. The minimum atomic E-state index is -0.325. The van der Waals surface area contributed by atoms with Crippen molar-refractivity contribution in [3.8, 4) is 22.6 Å². The lowest BCUT2D eigenvalue weighted by Crippen LogP contribution is -2.05. The van der Waals surface area contributed by atoms with Gasteiger partial charge in [-0.1, -0.05) is 17.7 Å². The SMILES string of the molecule is CNCc1ccc(F)c(-c2ccc(OC)c(Cl)c2OC)c1. The molecule has 0 aliphatic rings. The summed E-state index contributed by atoms with van der Waals surface area (Å²) in [4.78, 5) is 0. The smallest absolute Gasteiger partial charge is 0.149 e. The van der Waals surface area contributed by atoms with E-state index in [-0.39, 0.29) is 5.82 Å². The first kappa shape index (κ1) is 15.6. The fraction of sp³-hybridized carbons (Fsp3) is 0.250. The topological polar surface area (TPSA) is 30.5 Å². The van der Waals surface area contributed by atoms with Gasteiger partial charge in [0.05, 0.1) is 14.2 Å². The molecular formula is C16H17ClFNO2. The number of rotatable bonds is 5. The molecule has 0 aromatic heterocycles. The zero-order valence-corrected chi connectivity index (χ0v) is 12.9. The van der Waals surface area contributed by atoms with E-state index in [2.05, 4.69) is 5.32 Å². The van der Waals surface area contributed by atoms with Crippen molar-refractivity contribution in [1.82, 2.24) is 5.32 Å². The molecule has 2 aromatic rings. The van der Waals surface area contributed by atoms with Crippen LogP contribution in [0.2, 0.25) is 5.02 Å². The van der Waals surface area contributed by atoms with E-state index in [1.54, 1.807) is 24.3 Å². The summed E-state index contributed by atoms with van der Waals surface area (Å²) in [6.07, 6.45) is 0. The number of hydrogen-bond donors (Lipinski definition) is 1. The Balaban J connectivity index is 2.61. The van der Waals surface area contributed by atoms with Crippen LogP contribution in [-0.2, 0) is 6.54 Å².